The Hall–Kier alpha value is -2.22. The molecule has 1 aliphatic rings. The summed E-state index contributed by atoms with van der Waals surface area (Å²) in [6.07, 6.45) is 0. The van der Waals surface area contributed by atoms with E-state index >= 15 is 0 Å². The summed E-state index contributed by atoms with van der Waals surface area (Å²) in [5.41, 5.74) is 4.41. The van der Waals surface area contributed by atoms with Crippen LogP contribution in [0.3, 0.4) is 0 Å². The molecule has 112 valence electrons. The third-order valence-electron chi connectivity index (χ3n) is 4.37. The number of carbonyl (C=O) groups excluding carboxylic acids is 2. The second-order valence-electron chi connectivity index (χ2n) is 6.50. The zero-order chi connectivity index (χ0) is 16.0. The molecule has 2 nitrogen and oxygen atoms in total. The first-order valence-corrected chi connectivity index (χ1v) is 7.78. The van der Waals surface area contributed by atoms with Crippen molar-refractivity contribution >= 4 is 11.6 Å². The minimum absolute atomic E-state index is 0.0172. The normalized spacial score (nSPS) is 13.5. The molecule has 1 aliphatic carbocycles. The summed E-state index contributed by atoms with van der Waals surface area (Å²) in [5.74, 6) is 0.468. The highest BCUT2D eigenvalue weighted by molar-refractivity contribution is 6.29. The molecule has 3 rings (SSSR count). The van der Waals surface area contributed by atoms with Gasteiger partial charge in [0.15, 0.2) is 11.6 Å². The standard InChI is InChI=1S/C20H20O2/c1-11(2)13-9-10-16-18(17(13)12(3)4)20(22)15-8-6-5-7-14(15)19(16)21/h5-12H,1-4H3. The van der Waals surface area contributed by atoms with E-state index in [1.54, 1.807) is 18.2 Å². The van der Waals surface area contributed by atoms with Gasteiger partial charge in [-0.3, -0.25) is 9.59 Å². The minimum Gasteiger partial charge on any atom is -0.289 e. The van der Waals surface area contributed by atoms with Crippen LogP contribution in [0.25, 0.3) is 0 Å². The third kappa shape index (κ3) is 2.02. The molecule has 0 atom stereocenters. The number of ketones is 2. The molecule has 0 bridgehead atoms. The maximum absolute atomic E-state index is 13.0. The topological polar surface area (TPSA) is 34.1 Å². The van der Waals surface area contributed by atoms with Gasteiger partial charge >= 0.3 is 0 Å². The highest BCUT2D eigenvalue weighted by Gasteiger charge is 2.33. The van der Waals surface area contributed by atoms with Crippen LogP contribution < -0.4 is 0 Å². The van der Waals surface area contributed by atoms with Crippen LogP contribution in [-0.4, -0.2) is 11.6 Å². The lowest BCUT2D eigenvalue weighted by molar-refractivity contribution is 0.0978. The highest BCUT2D eigenvalue weighted by atomic mass is 16.1. The smallest absolute Gasteiger partial charge is 0.194 e. The SMILES string of the molecule is CC(C)c1ccc2c(c1C(C)C)C(=O)c1ccccc1C2=O. The van der Waals surface area contributed by atoms with Gasteiger partial charge in [-0.1, -0.05) is 58.0 Å². The molecule has 22 heavy (non-hydrogen) atoms. The molecule has 2 heteroatoms. The van der Waals surface area contributed by atoms with Gasteiger partial charge in [-0.05, 0) is 29.0 Å². The highest BCUT2D eigenvalue weighted by Crippen LogP contribution is 2.36. The van der Waals surface area contributed by atoms with Crippen molar-refractivity contribution in [2.45, 2.75) is 39.5 Å². The first kappa shape index (κ1) is 14.7. The van der Waals surface area contributed by atoms with Gasteiger partial charge in [0, 0.05) is 22.3 Å². The number of hydrogen-bond donors (Lipinski definition) is 0. The predicted molar refractivity (Wildman–Crippen MR) is 87.9 cm³/mol. The van der Waals surface area contributed by atoms with E-state index in [1.807, 2.05) is 18.2 Å². The molecule has 0 radical (unpaired) electrons. The van der Waals surface area contributed by atoms with Crippen molar-refractivity contribution in [2.24, 2.45) is 0 Å². The summed E-state index contributed by atoms with van der Waals surface area (Å²) in [4.78, 5) is 25.8. The molecule has 0 saturated heterocycles. The van der Waals surface area contributed by atoms with Crippen LogP contribution >= 0.6 is 0 Å². The average molecular weight is 292 g/mol. The van der Waals surface area contributed by atoms with E-state index in [0.29, 0.717) is 28.2 Å². The Labute approximate surface area is 131 Å². The van der Waals surface area contributed by atoms with E-state index in [4.69, 9.17) is 0 Å². The molecule has 0 fully saturated rings. The summed E-state index contributed by atoms with van der Waals surface area (Å²) >= 11 is 0. The van der Waals surface area contributed by atoms with E-state index in [0.717, 1.165) is 11.1 Å². The molecule has 0 unspecified atom stereocenters. The van der Waals surface area contributed by atoms with Crippen LogP contribution in [0.2, 0.25) is 0 Å². The zero-order valence-corrected chi connectivity index (χ0v) is 13.4. The Kier molecular flexibility index (Phi) is 3.48. The van der Waals surface area contributed by atoms with E-state index in [-0.39, 0.29) is 17.5 Å². The van der Waals surface area contributed by atoms with Gasteiger partial charge in [-0.2, -0.15) is 0 Å². The molecule has 0 aliphatic heterocycles. The van der Waals surface area contributed by atoms with Crippen LogP contribution in [-0.2, 0) is 0 Å². The maximum Gasteiger partial charge on any atom is 0.194 e. The maximum atomic E-state index is 13.0. The summed E-state index contributed by atoms with van der Waals surface area (Å²) in [6, 6.07) is 11.0. The van der Waals surface area contributed by atoms with Gasteiger partial charge in [0.05, 0.1) is 0 Å². The summed E-state index contributed by atoms with van der Waals surface area (Å²) in [6.45, 7) is 8.41. The molecule has 0 heterocycles. The molecule has 2 aromatic rings. The Morgan fingerprint density at radius 2 is 1.27 bits per heavy atom. The largest absolute Gasteiger partial charge is 0.289 e. The molecule has 0 aromatic heterocycles. The lowest BCUT2D eigenvalue weighted by Gasteiger charge is -2.25. The lowest BCUT2D eigenvalue weighted by Crippen LogP contribution is -2.24. The molecular weight excluding hydrogens is 272 g/mol. The van der Waals surface area contributed by atoms with Gasteiger partial charge in [0.25, 0.3) is 0 Å². The number of hydrogen-bond acceptors (Lipinski definition) is 2. The number of rotatable bonds is 2. The summed E-state index contributed by atoms with van der Waals surface area (Å²) < 4.78 is 0. The van der Waals surface area contributed by atoms with E-state index in [9.17, 15) is 9.59 Å². The van der Waals surface area contributed by atoms with Crippen LogP contribution in [0.1, 0.15) is 82.5 Å². The molecule has 0 spiro atoms. The Morgan fingerprint density at radius 3 is 1.82 bits per heavy atom. The predicted octanol–water partition coefficient (Wildman–Crippen LogP) is 4.71. The van der Waals surface area contributed by atoms with Gasteiger partial charge in [-0.15, -0.1) is 0 Å². The van der Waals surface area contributed by atoms with E-state index in [2.05, 4.69) is 27.7 Å². The van der Waals surface area contributed by atoms with Crippen LogP contribution in [0.4, 0.5) is 0 Å². The number of carbonyl (C=O) groups is 2. The van der Waals surface area contributed by atoms with Gasteiger partial charge in [-0.25, -0.2) is 0 Å². The van der Waals surface area contributed by atoms with E-state index in [1.165, 1.54) is 0 Å². The molecule has 0 amide bonds. The van der Waals surface area contributed by atoms with Crippen molar-refractivity contribution in [2.75, 3.05) is 0 Å². The first-order chi connectivity index (χ1) is 10.4. The molecule has 0 saturated carbocycles. The van der Waals surface area contributed by atoms with Crippen LogP contribution in [0, 0.1) is 0 Å². The van der Waals surface area contributed by atoms with Crippen molar-refractivity contribution in [1.82, 2.24) is 0 Å². The second-order valence-corrected chi connectivity index (χ2v) is 6.50. The monoisotopic (exact) mass is 292 g/mol. The third-order valence-corrected chi connectivity index (χ3v) is 4.37. The van der Waals surface area contributed by atoms with Gasteiger partial charge in [0.2, 0.25) is 0 Å². The fourth-order valence-corrected chi connectivity index (χ4v) is 3.35. The van der Waals surface area contributed by atoms with E-state index < -0.39 is 0 Å². The van der Waals surface area contributed by atoms with Crippen molar-refractivity contribution in [3.05, 3.63) is 69.8 Å². The fraction of sp³-hybridized carbons (Fsp3) is 0.300. The minimum atomic E-state index is -0.0394. The summed E-state index contributed by atoms with van der Waals surface area (Å²) in [7, 11) is 0. The molecule has 2 aromatic carbocycles. The van der Waals surface area contributed by atoms with Crippen molar-refractivity contribution in [3.63, 3.8) is 0 Å². The Balaban J connectivity index is 2.36. The molecular formula is C20H20O2. The van der Waals surface area contributed by atoms with Crippen LogP contribution in [0.15, 0.2) is 36.4 Å². The van der Waals surface area contributed by atoms with Crippen molar-refractivity contribution in [1.29, 1.82) is 0 Å². The lowest BCUT2D eigenvalue weighted by atomic mass is 9.76. The number of fused-ring (bicyclic) bond motifs is 2. The van der Waals surface area contributed by atoms with Gasteiger partial charge < -0.3 is 0 Å². The van der Waals surface area contributed by atoms with Gasteiger partial charge in [0.1, 0.15) is 0 Å². The quantitative estimate of drug-likeness (QED) is 0.685. The van der Waals surface area contributed by atoms with Crippen molar-refractivity contribution in [3.8, 4) is 0 Å². The zero-order valence-electron chi connectivity index (χ0n) is 13.4. The summed E-state index contributed by atoms with van der Waals surface area (Å²) in [5, 5.41) is 0. The Morgan fingerprint density at radius 1 is 0.682 bits per heavy atom. The second kappa shape index (κ2) is 5.20. The fourth-order valence-electron chi connectivity index (χ4n) is 3.35. The average Bonchev–Trinajstić information content (AvgIpc) is 2.51. The first-order valence-electron chi connectivity index (χ1n) is 7.78. The number of benzene rings is 2. The molecule has 0 N–H and O–H groups in total. The van der Waals surface area contributed by atoms with Crippen molar-refractivity contribution < 1.29 is 9.59 Å². The Bertz CT molecular complexity index is 782. The van der Waals surface area contributed by atoms with Crippen LogP contribution in [0.5, 0.6) is 0 Å².